The van der Waals surface area contributed by atoms with Crippen LogP contribution in [-0.4, -0.2) is 35.1 Å². The number of rotatable bonds is 6. The average molecular weight is 288 g/mol. The number of nitrogen functional groups attached to an aromatic ring is 1. The van der Waals surface area contributed by atoms with E-state index in [1.807, 2.05) is 34.6 Å². The van der Waals surface area contributed by atoms with Gasteiger partial charge in [0.15, 0.2) is 5.82 Å². The minimum absolute atomic E-state index is 0.0660. The molecule has 1 heterocycles. The van der Waals surface area contributed by atoms with Gasteiger partial charge in [0.05, 0.1) is 0 Å². The number of aryl methyl sites for hydroxylation is 1. The summed E-state index contributed by atoms with van der Waals surface area (Å²) in [6.07, 6.45) is 1.50. The van der Waals surface area contributed by atoms with Crippen molar-refractivity contribution in [2.45, 2.75) is 52.1 Å². The highest BCUT2D eigenvalue weighted by Crippen LogP contribution is 2.23. The Morgan fingerprint density at radius 1 is 1.37 bits per heavy atom. The lowest BCUT2D eigenvalue weighted by atomic mass is 10.2. The van der Waals surface area contributed by atoms with E-state index in [4.69, 9.17) is 5.73 Å². The summed E-state index contributed by atoms with van der Waals surface area (Å²) in [4.78, 5) is 0.101. The van der Waals surface area contributed by atoms with Crippen molar-refractivity contribution < 1.29 is 8.42 Å². The van der Waals surface area contributed by atoms with Crippen LogP contribution in [0.25, 0.3) is 0 Å². The quantitative estimate of drug-likeness (QED) is 0.861. The van der Waals surface area contributed by atoms with Crippen molar-refractivity contribution in [1.29, 1.82) is 0 Å². The molecule has 0 spiro atoms. The Hall–Kier alpha value is -1.08. The number of nitrogens with two attached hydrogens (primary N) is 1. The van der Waals surface area contributed by atoms with Crippen LogP contribution >= 0.6 is 0 Å². The minimum Gasteiger partial charge on any atom is -0.381 e. The van der Waals surface area contributed by atoms with E-state index in [0.29, 0.717) is 13.1 Å². The Morgan fingerprint density at radius 2 is 1.95 bits per heavy atom. The fourth-order valence-electron chi connectivity index (χ4n) is 1.85. The van der Waals surface area contributed by atoms with Crippen molar-refractivity contribution in [2.24, 2.45) is 5.92 Å². The zero-order valence-corrected chi connectivity index (χ0v) is 13.1. The number of aromatic nitrogens is 2. The standard InChI is InChI=1S/C12H24N4O2S/c1-6-15-8-11(12(13)14-15)19(17,18)16(10(4)5)7-9(2)3/h8-10H,6-7H2,1-5H3,(H2,13,14). The van der Waals surface area contributed by atoms with Gasteiger partial charge >= 0.3 is 0 Å². The first-order valence-corrected chi connectivity index (χ1v) is 7.98. The molecule has 0 aliphatic heterocycles. The molecular formula is C12H24N4O2S. The van der Waals surface area contributed by atoms with Crippen molar-refractivity contribution in [1.82, 2.24) is 14.1 Å². The van der Waals surface area contributed by atoms with Crippen molar-refractivity contribution in [2.75, 3.05) is 12.3 Å². The van der Waals surface area contributed by atoms with Gasteiger partial charge in [-0.1, -0.05) is 13.8 Å². The highest BCUT2D eigenvalue weighted by atomic mass is 32.2. The second kappa shape index (κ2) is 5.92. The third kappa shape index (κ3) is 3.48. The fourth-order valence-corrected chi connectivity index (χ4v) is 3.71. The Labute approximate surface area is 115 Å². The first kappa shape index (κ1) is 16.0. The van der Waals surface area contributed by atoms with E-state index >= 15 is 0 Å². The lowest BCUT2D eigenvalue weighted by molar-refractivity contribution is 0.319. The molecule has 1 aromatic heterocycles. The predicted octanol–water partition coefficient (Wildman–Crippen LogP) is 1.54. The summed E-state index contributed by atoms with van der Waals surface area (Å²) in [5.41, 5.74) is 5.73. The van der Waals surface area contributed by atoms with Crippen LogP contribution in [0.5, 0.6) is 0 Å². The van der Waals surface area contributed by atoms with Crippen LogP contribution in [-0.2, 0) is 16.6 Å². The number of nitrogens with zero attached hydrogens (tertiary/aromatic N) is 3. The van der Waals surface area contributed by atoms with Crippen molar-refractivity contribution >= 4 is 15.8 Å². The Kier molecular flexibility index (Phi) is 4.98. The number of anilines is 1. The van der Waals surface area contributed by atoms with Gasteiger partial charge < -0.3 is 5.73 Å². The summed E-state index contributed by atoms with van der Waals surface area (Å²) >= 11 is 0. The van der Waals surface area contributed by atoms with Crippen molar-refractivity contribution in [3.05, 3.63) is 6.20 Å². The lowest BCUT2D eigenvalue weighted by Gasteiger charge is -2.27. The molecule has 7 heteroatoms. The maximum atomic E-state index is 12.7. The van der Waals surface area contributed by atoms with Gasteiger partial charge in [-0.15, -0.1) is 0 Å². The van der Waals surface area contributed by atoms with Gasteiger partial charge in [-0.05, 0) is 26.7 Å². The molecule has 0 atom stereocenters. The van der Waals surface area contributed by atoms with Crippen LogP contribution in [0.4, 0.5) is 5.82 Å². The van der Waals surface area contributed by atoms with Crippen molar-refractivity contribution in [3.63, 3.8) is 0 Å². The zero-order valence-electron chi connectivity index (χ0n) is 12.3. The molecule has 0 radical (unpaired) electrons. The van der Waals surface area contributed by atoms with Gasteiger partial charge in [-0.3, -0.25) is 4.68 Å². The van der Waals surface area contributed by atoms with Gasteiger partial charge in [0.2, 0.25) is 10.0 Å². The summed E-state index contributed by atoms with van der Waals surface area (Å²) < 4.78 is 28.3. The van der Waals surface area contributed by atoms with Gasteiger partial charge in [0, 0.05) is 25.3 Å². The van der Waals surface area contributed by atoms with Crippen LogP contribution in [0.1, 0.15) is 34.6 Å². The maximum Gasteiger partial charge on any atom is 0.248 e. The SMILES string of the molecule is CCn1cc(S(=O)(=O)N(CC(C)C)C(C)C)c(N)n1. The molecule has 0 saturated carbocycles. The van der Waals surface area contributed by atoms with Gasteiger partial charge in [0.25, 0.3) is 0 Å². The average Bonchev–Trinajstić information content (AvgIpc) is 2.67. The summed E-state index contributed by atoms with van der Waals surface area (Å²) in [7, 11) is -3.59. The second-order valence-corrected chi connectivity index (χ2v) is 7.16. The Balaban J connectivity index is 3.22. The molecule has 0 aromatic carbocycles. The van der Waals surface area contributed by atoms with E-state index < -0.39 is 10.0 Å². The summed E-state index contributed by atoms with van der Waals surface area (Å²) in [5, 5.41) is 4.00. The van der Waals surface area contributed by atoms with Gasteiger partial charge in [-0.2, -0.15) is 9.40 Å². The highest BCUT2D eigenvalue weighted by molar-refractivity contribution is 7.89. The third-order valence-electron chi connectivity index (χ3n) is 2.79. The highest BCUT2D eigenvalue weighted by Gasteiger charge is 2.31. The largest absolute Gasteiger partial charge is 0.381 e. The van der Waals surface area contributed by atoms with E-state index in [1.165, 1.54) is 15.2 Å². The lowest BCUT2D eigenvalue weighted by Crippen LogP contribution is -2.39. The molecule has 0 saturated heterocycles. The van der Waals surface area contributed by atoms with E-state index in [9.17, 15) is 8.42 Å². The van der Waals surface area contributed by atoms with Crippen LogP contribution < -0.4 is 5.73 Å². The number of sulfonamides is 1. The molecule has 0 aliphatic rings. The molecule has 0 bridgehead atoms. The monoisotopic (exact) mass is 288 g/mol. The smallest absolute Gasteiger partial charge is 0.248 e. The molecule has 2 N–H and O–H groups in total. The fraction of sp³-hybridized carbons (Fsp3) is 0.750. The van der Waals surface area contributed by atoms with E-state index in [1.54, 1.807) is 0 Å². The van der Waals surface area contributed by atoms with Crippen LogP contribution in [0.2, 0.25) is 0 Å². The molecule has 0 aliphatic carbocycles. The maximum absolute atomic E-state index is 12.7. The summed E-state index contributed by atoms with van der Waals surface area (Å²) in [6.45, 7) is 10.6. The third-order valence-corrected chi connectivity index (χ3v) is 4.85. The summed E-state index contributed by atoms with van der Waals surface area (Å²) in [5.74, 6) is 0.316. The van der Waals surface area contributed by atoms with Crippen LogP contribution in [0.15, 0.2) is 11.1 Å². The Bertz CT molecular complexity index is 520. The van der Waals surface area contributed by atoms with Gasteiger partial charge in [0.1, 0.15) is 4.90 Å². The van der Waals surface area contributed by atoms with Gasteiger partial charge in [-0.25, -0.2) is 8.42 Å². The molecule has 0 fully saturated rings. The molecule has 19 heavy (non-hydrogen) atoms. The molecule has 1 aromatic rings. The first-order chi connectivity index (χ1) is 8.70. The normalized spacial score (nSPS) is 12.8. The van der Waals surface area contributed by atoms with Crippen LogP contribution in [0, 0.1) is 5.92 Å². The predicted molar refractivity (Wildman–Crippen MR) is 76.2 cm³/mol. The second-order valence-electron chi connectivity index (χ2n) is 5.30. The zero-order chi connectivity index (χ0) is 14.8. The first-order valence-electron chi connectivity index (χ1n) is 6.54. The molecular weight excluding hydrogens is 264 g/mol. The summed E-state index contributed by atoms with van der Waals surface area (Å²) in [6, 6.07) is -0.114. The molecule has 110 valence electrons. The minimum atomic E-state index is -3.59. The van der Waals surface area contributed by atoms with E-state index in [0.717, 1.165) is 0 Å². The van der Waals surface area contributed by atoms with Crippen molar-refractivity contribution in [3.8, 4) is 0 Å². The molecule has 0 unspecified atom stereocenters. The van der Waals surface area contributed by atoms with E-state index in [-0.39, 0.29) is 22.7 Å². The van der Waals surface area contributed by atoms with E-state index in [2.05, 4.69) is 5.10 Å². The Morgan fingerprint density at radius 3 is 2.32 bits per heavy atom. The topological polar surface area (TPSA) is 81.2 Å². The number of hydrogen-bond donors (Lipinski definition) is 1. The molecule has 1 rings (SSSR count). The molecule has 0 amide bonds. The molecule has 6 nitrogen and oxygen atoms in total. The van der Waals surface area contributed by atoms with Crippen LogP contribution in [0.3, 0.4) is 0 Å². The number of hydrogen-bond acceptors (Lipinski definition) is 4.